The number of halogens is 1. The van der Waals surface area contributed by atoms with Crippen LogP contribution in [-0.2, 0) is 11.2 Å². The minimum atomic E-state index is -1.00. The van der Waals surface area contributed by atoms with Gasteiger partial charge in [0.1, 0.15) is 17.3 Å². The van der Waals surface area contributed by atoms with Crippen molar-refractivity contribution in [3.63, 3.8) is 0 Å². The highest BCUT2D eigenvalue weighted by Crippen LogP contribution is 2.28. The molecule has 6 nitrogen and oxygen atoms in total. The summed E-state index contributed by atoms with van der Waals surface area (Å²) < 4.78 is 18.5. The number of aliphatic carboxylic acids is 1. The third kappa shape index (κ3) is 2.96. The number of nitrogens with zero attached hydrogens (tertiary/aromatic N) is 1. The average molecular weight is 328 g/mol. The lowest BCUT2D eigenvalue weighted by molar-refractivity contribution is -0.136. The van der Waals surface area contributed by atoms with Gasteiger partial charge in [-0.05, 0) is 25.1 Å². The Bertz CT molecular complexity index is 926. The first-order valence-corrected chi connectivity index (χ1v) is 7.11. The number of carboxylic acid groups (broad SMARTS) is 1. The van der Waals surface area contributed by atoms with E-state index in [1.807, 2.05) is 0 Å². The summed E-state index contributed by atoms with van der Waals surface area (Å²) in [6.45, 7) is 1.59. The summed E-state index contributed by atoms with van der Waals surface area (Å²) >= 11 is 0. The molecule has 2 aromatic heterocycles. The van der Waals surface area contributed by atoms with Crippen LogP contribution in [0, 0.1) is 12.7 Å². The Morgan fingerprint density at radius 2 is 2.12 bits per heavy atom. The summed E-state index contributed by atoms with van der Waals surface area (Å²) in [5.74, 6) is -1.52. The number of benzene rings is 1. The van der Waals surface area contributed by atoms with Crippen LogP contribution in [0.2, 0.25) is 0 Å². The Morgan fingerprint density at radius 1 is 1.33 bits per heavy atom. The van der Waals surface area contributed by atoms with Crippen LogP contribution in [0.3, 0.4) is 0 Å². The van der Waals surface area contributed by atoms with Crippen molar-refractivity contribution in [2.24, 2.45) is 0 Å². The second-order valence-electron chi connectivity index (χ2n) is 5.29. The van der Waals surface area contributed by atoms with E-state index in [9.17, 15) is 14.0 Å². The van der Waals surface area contributed by atoms with Crippen LogP contribution in [0.5, 0.6) is 0 Å². The van der Waals surface area contributed by atoms with Crippen molar-refractivity contribution < 1.29 is 23.6 Å². The molecule has 0 saturated carbocycles. The summed E-state index contributed by atoms with van der Waals surface area (Å²) in [7, 11) is 0. The lowest BCUT2D eigenvalue weighted by atomic mass is 9.99. The van der Waals surface area contributed by atoms with Crippen molar-refractivity contribution in [2.45, 2.75) is 13.3 Å². The number of carbonyl (C=O) groups excluding carboxylic acids is 1. The molecule has 3 aromatic rings. The molecular formula is C17H13FN2O4. The molecule has 0 fully saturated rings. The first-order chi connectivity index (χ1) is 11.5. The number of aromatic amines is 1. The van der Waals surface area contributed by atoms with Crippen LogP contribution in [0.25, 0.3) is 11.3 Å². The SMILES string of the molecule is Cc1onc(-c2cccc(F)c2)c1C(=O)c1c[nH]c(CC(=O)O)c1. The van der Waals surface area contributed by atoms with Crippen LogP contribution < -0.4 is 0 Å². The smallest absolute Gasteiger partial charge is 0.309 e. The standard InChI is InChI=1S/C17H13FN2O4/c1-9-15(16(20-24-9)10-3-2-4-12(18)5-10)17(23)11-6-13(19-8-11)7-14(21)22/h2-6,8,19H,7H2,1H3,(H,21,22). The number of H-pyrrole nitrogens is 1. The van der Waals surface area contributed by atoms with Crippen molar-refractivity contribution >= 4 is 11.8 Å². The number of rotatable bonds is 5. The van der Waals surface area contributed by atoms with Crippen LogP contribution in [-0.4, -0.2) is 27.0 Å². The number of carbonyl (C=O) groups is 2. The van der Waals surface area contributed by atoms with Crippen molar-refractivity contribution in [3.05, 3.63) is 64.9 Å². The Labute approximate surface area is 135 Å². The van der Waals surface area contributed by atoms with Gasteiger partial charge in [-0.3, -0.25) is 9.59 Å². The van der Waals surface area contributed by atoms with E-state index in [0.29, 0.717) is 17.0 Å². The first kappa shape index (κ1) is 15.7. The second kappa shape index (κ2) is 6.11. The molecule has 2 heterocycles. The van der Waals surface area contributed by atoms with E-state index in [1.54, 1.807) is 13.0 Å². The Hall–Kier alpha value is -3.22. The van der Waals surface area contributed by atoms with Crippen LogP contribution >= 0.6 is 0 Å². The summed E-state index contributed by atoms with van der Waals surface area (Å²) in [4.78, 5) is 26.2. The third-order valence-electron chi connectivity index (χ3n) is 3.53. The van der Waals surface area contributed by atoms with E-state index >= 15 is 0 Å². The van der Waals surface area contributed by atoms with Gasteiger partial charge in [0.15, 0.2) is 5.78 Å². The molecule has 0 aliphatic heterocycles. The highest BCUT2D eigenvalue weighted by atomic mass is 19.1. The van der Waals surface area contributed by atoms with E-state index in [0.717, 1.165) is 0 Å². The summed E-state index contributed by atoms with van der Waals surface area (Å²) in [6, 6.07) is 7.18. The van der Waals surface area contributed by atoms with Gasteiger partial charge in [-0.15, -0.1) is 0 Å². The second-order valence-corrected chi connectivity index (χ2v) is 5.29. The Kier molecular flexibility index (Phi) is 3.99. The minimum Gasteiger partial charge on any atom is -0.481 e. The highest BCUT2D eigenvalue weighted by Gasteiger charge is 2.24. The lowest BCUT2D eigenvalue weighted by Crippen LogP contribution is -2.03. The summed E-state index contributed by atoms with van der Waals surface area (Å²) in [6.07, 6.45) is 1.22. The van der Waals surface area contributed by atoms with Crippen molar-refractivity contribution in [1.29, 1.82) is 0 Å². The van der Waals surface area contributed by atoms with Crippen LogP contribution in [0.1, 0.15) is 27.4 Å². The molecule has 3 rings (SSSR count). The number of aryl methyl sites for hydroxylation is 1. The van der Waals surface area contributed by atoms with Crippen LogP contribution in [0.4, 0.5) is 4.39 Å². The molecule has 1 aromatic carbocycles. The van der Waals surface area contributed by atoms with Gasteiger partial charge in [0, 0.05) is 23.0 Å². The molecule has 7 heteroatoms. The Morgan fingerprint density at radius 3 is 2.83 bits per heavy atom. The van der Waals surface area contributed by atoms with Gasteiger partial charge in [-0.2, -0.15) is 0 Å². The topological polar surface area (TPSA) is 96.2 Å². The van der Waals surface area contributed by atoms with Gasteiger partial charge in [-0.1, -0.05) is 17.3 Å². The minimum absolute atomic E-state index is 0.216. The largest absolute Gasteiger partial charge is 0.481 e. The maximum atomic E-state index is 13.4. The zero-order valence-corrected chi connectivity index (χ0v) is 12.7. The average Bonchev–Trinajstić information content (AvgIpc) is 3.13. The fourth-order valence-corrected chi connectivity index (χ4v) is 2.45. The molecule has 0 saturated heterocycles. The van der Waals surface area contributed by atoms with Gasteiger partial charge in [0.2, 0.25) is 0 Å². The molecule has 0 atom stereocenters. The monoisotopic (exact) mass is 328 g/mol. The summed E-state index contributed by atoms with van der Waals surface area (Å²) in [5.41, 5.74) is 1.60. The molecule has 122 valence electrons. The van der Waals surface area contributed by atoms with Gasteiger partial charge >= 0.3 is 5.97 Å². The van der Waals surface area contributed by atoms with Crippen LogP contribution in [0.15, 0.2) is 41.1 Å². The van der Waals surface area contributed by atoms with Gasteiger partial charge in [0.05, 0.1) is 12.0 Å². The molecule has 0 amide bonds. The third-order valence-corrected chi connectivity index (χ3v) is 3.53. The quantitative estimate of drug-likeness (QED) is 0.702. The maximum absolute atomic E-state index is 13.4. The predicted octanol–water partition coefficient (Wildman–Crippen LogP) is 2.98. The first-order valence-electron chi connectivity index (χ1n) is 7.11. The molecule has 24 heavy (non-hydrogen) atoms. The molecule has 2 N–H and O–H groups in total. The van der Waals surface area contributed by atoms with E-state index in [4.69, 9.17) is 9.63 Å². The number of nitrogens with one attached hydrogen (secondary N) is 1. The van der Waals surface area contributed by atoms with Gasteiger partial charge in [-0.25, -0.2) is 4.39 Å². The molecule has 0 spiro atoms. The van der Waals surface area contributed by atoms with E-state index in [-0.39, 0.29) is 29.0 Å². The molecule has 0 aliphatic carbocycles. The van der Waals surface area contributed by atoms with E-state index in [2.05, 4.69) is 10.1 Å². The van der Waals surface area contributed by atoms with Gasteiger partial charge < -0.3 is 14.6 Å². The van der Waals surface area contributed by atoms with Gasteiger partial charge in [0.25, 0.3) is 0 Å². The zero-order chi connectivity index (χ0) is 17.3. The highest BCUT2D eigenvalue weighted by molar-refractivity contribution is 6.13. The Balaban J connectivity index is 2.00. The number of carboxylic acids is 1. The molecular weight excluding hydrogens is 315 g/mol. The number of aromatic nitrogens is 2. The number of hydrogen-bond acceptors (Lipinski definition) is 4. The maximum Gasteiger partial charge on any atom is 0.309 e. The molecule has 0 unspecified atom stereocenters. The predicted molar refractivity (Wildman–Crippen MR) is 82.2 cm³/mol. The van der Waals surface area contributed by atoms with E-state index < -0.39 is 11.8 Å². The van der Waals surface area contributed by atoms with Crippen molar-refractivity contribution in [2.75, 3.05) is 0 Å². The molecule has 0 aliphatic rings. The molecule has 0 radical (unpaired) electrons. The molecule has 0 bridgehead atoms. The fraction of sp³-hybridized carbons (Fsp3) is 0.118. The number of hydrogen-bond donors (Lipinski definition) is 2. The zero-order valence-electron chi connectivity index (χ0n) is 12.7. The normalized spacial score (nSPS) is 10.8. The lowest BCUT2D eigenvalue weighted by Gasteiger charge is -2.01. The summed E-state index contributed by atoms with van der Waals surface area (Å²) in [5, 5.41) is 12.7. The number of ketones is 1. The van der Waals surface area contributed by atoms with E-state index in [1.165, 1.54) is 30.5 Å². The van der Waals surface area contributed by atoms with Crippen molar-refractivity contribution in [3.8, 4) is 11.3 Å². The van der Waals surface area contributed by atoms with Crippen molar-refractivity contribution in [1.82, 2.24) is 10.1 Å². The fourth-order valence-electron chi connectivity index (χ4n) is 2.45.